The molecule has 1 unspecified atom stereocenters. The van der Waals surface area contributed by atoms with Crippen LogP contribution in [-0.2, 0) is 4.74 Å². The second kappa shape index (κ2) is 10.8. The van der Waals surface area contributed by atoms with Crippen LogP contribution in [0.3, 0.4) is 0 Å². The molecule has 6 heteroatoms. The lowest BCUT2D eigenvalue weighted by Crippen LogP contribution is -2.42. The molecule has 0 saturated carbocycles. The first-order valence-corrected chi connectivity index (χ1v) is 10.5. The SMILES string of the molecule is CC(C)OCCOc1cccc(C=C2CCN(C(=O)Nc3cccnc3)CC2C)c1. The molecule has 6 nitrogen and oxygen atoms in total. The number of nitrogens with zero attached hydrogens (tertiary/aromatic N) is 2. The molecule has 1 aromatic heterocycles. The third-order valence-electron chi connectivity index (χ3n) is 5.01. The van der Waals surface area contributed by atoms with E-state index in [1.54, 1.807) is 12.4 Å². The third-order valence-corrected chi connectivity index (χ3v) is 5.01. The lowest BCUT2D eigenvalue weighted by molar-refractivity contribution is 0.0552. The molecular weight excluding hydrogens is 378 g/mol. The molecule has 1 aliphatic rings. The molecule has 0 aliphatic carbocycles. The normalized spacial score (nSPS) is 17.9. The van der Waals surface area contributed by atoms with Gasteiger partial charge in [-0.2, -0.15) is 0 Å². The number of ether oxygens (including phenoxy) is 2. The highest BCUT2D eigenvalue weighted by Gasteiger charge is 2.24. The molecule has 3 rings (SSSR count). The van der Waals surface area contributed by atoms with Crippen molar-refractivity contribution < 1.29 is 14.3 Å². The third kappa shape index (κ3) is 6.59. The van der Waals surface area contributed by atoms with E-state index in [4.69, 9.17) is 9.47 Å². The van der Waals surface area contributed by atoms with Crippen LogP contribution in [0.2, 0.25) is 0 Å². The van der Waals surface area contributed by atoms with E-state index < -0.39 is 0 Å². The van der Waals surface area contributed by atoms with Crippen molar-refractivity contribution in [1.29, 1.82) is 0 Å². The molecule has 1 saturated heterocycles. The Morgan fingerprint density at radius 3 is 2.90 bits per heavy atom. The van der Waals surface area contributed by atoms with Gasteiger partial charge in [0.15, 0.2) is 0 Å². The summed E-state index contributed by atoms with van der Waals surface area (Å²) < 4.78 is 11.3. The average molecular weight is 410 g/mol. The summed E-state index contributed by atoms with van der Waals surface area (Å²) in [5.74, 6) is 1.14. The van der Waals surface area contributed by atoms with Crippen molar-refractivity contribution in [1.82, 2.24) is 9.88 Å². The number of anilines is 1. The highest BCUT2D eigenvalue weighted by atomic mass is 16.5. The number of amides is 2. The number of hydrogen-bond donors (Lipinski definition) is 1. The number of rotatable bonds is 7. The highest BCUT2D eigenvalue weighted by Crippen LogP contribution is 2.26. The quantitative estimate of drug-likeness (QED) is 0.665. The Bertz CT molecular complexity index is 852. The molecule has 1 fully saturated rings. The van der Waals surface area contributed by atoms with E-state index in [9.17, 15) is 4.79 Å². The molecule has 1 aromatic carbocycles. The van der Waals surface area contributed by atoms with Crippen LogP contribution in [0.25, 0.3) is 6.08 Å². The van der Waals surface area contributed by atoms with Crippen molar-refractivity contribution in [2.75, 3.05) is 31.6 Å². The van der Waals surface area contributed by atoms with Gasteiger partial charge >= 0.3 is 6.03 Å². The number of benzene rings is 1. The van der Waals surface area contributed by atoms with Crippen LogP contribution in [0.1, 0.15) is 32.8 Å². The monoisotopic (exact) mass is 409 g/mol. The van der Waals surface area contributed by atoms with Gasteiger partial charge < -0.3 is 19.7 Å². The highest BCUT2D eigenvalue weighted by molar-refractivity contribution is 5.89. The molecule has 160 valence electrons. The Kier molecular flexibility index (Phi) is 7.85. The number of aromatic nitrogens is 1. The standard InChI is InChI=1S/C24H31N3O3/c1-18(2)29-12-13-30-23-8-4-6-20(15-23)14-21-9-11-27(17-19(21)3)24(28)26-22-7-5-10-25-16-22/h4-8,10,14-16,18-19H,9,11-13,17H2,1-3H3,(H,26,28). The Balaban J connectivity index is 1.55. The first kappa shape index (κ1) is 21.8. The van der Waals surface area contributed by atoms with Crippen LogP contribution in [0.15, 0.2) is 54.4 Å². The number of nitrogens with one attached hydrogen (secondary N) is 1. The van der Waals surface area contributed by atoms with Gasteiger partial charge in [-0.25, -0.2) is 4.79 Å². The number of urea groups is 1. The van der Waals surface area contributed by atoms with E-state index in [2.05, 4.69) is 35.4 Å². The lowest BCUT2D eigenvalue weighted by Gasteiger charge is -2.33. The van der Waals surface area contributed by atoms with E-state index in [0.29, 0.717) is 37.9 Å². The maximum absolute atomic E-state index is 12.5. The maximum Gasteiger partial charge on any atom is 0.321 e. The Hall–Kier alpha value is -2.86. The summed E-state index contributed by atoms with van der Waals surface area (Å²) in [6.07, 6.45) is 6.63. The minimum absolute atomic E-state index is 0.0760. The summed E-state index contributed by atoms with van der Waals surface area (Å²) in [5.41, 5.74) is 3.18. The number of hydrogen-bond acceptors (Lipinski definition) is 4. The van der Waals surface area contributed by atoms with Crippen molar-refractivity contribution in [3.05, 3.63) is 59.9 Å². The van der Waals surface area contributed by atoms with Gasteiger partial charge in [-0.05, 0) is 56.0 Å². The molecule has 0 spiro atoms. The van der Waals surface area contributed by atoms with Crippen LogP contribution in [0, 0.1) is 5.92 Å². The van der Waals surface area contributed by atoms with E-state index in [-0.39, 0.29) is 12.1 Å². The molecule has 0 radical (unpaired) electrons. The predicted octanol–water partition coefficient (Wildman–Crippen LogP) is 4.84. The number of pyridine rings is 1. The number of likely N-dealkylation sites (tertiary alicyclic amines) is 1. The first-order valence-electron chi connectivity index (χ1n) is 10.5. The predicted molar refractivity (Wildman–Crippen MR) is 120 cm³/mol. The Morgan fingerprint density at radius 1 is 1.30 bits per heavy atom. The van der Waals surface area contributed by atoms with Gasteiger partial charge in [0.05, 0.1) is 24.6 Å². The minimum atomic E-state index is -0.0760. The molecule has 2 aromatic rings. The summed E-state index contributed by atoms with van der Waals surface area (Å²) in [5, 5.41) is 2.91. The number of carbonyl (C=O) groups is 1. The summed E-state index contributed by atoms with van der Waals surface area (Å²) >= 11 is 0. The van der Waals surface area contributed by atoms with Crippen LogP contribution < -0.4 is 10.1 Å². The fourth-order valence-corrected chi connectivity index (χ4v) is 3.44. The van der Waals surface area contributed by atoms with Gasteiger partial charge in [-0.1, -0.05) is 30.7 Å². The van der Waals surface area contributed by atoms with Crippen LogP contribution >= 0.6 is 0 Å². The molecule has 1 atom stereocenters. The first-order chi connectivity index (χ1) is 14.5. The van der Waals surface area contributed by atoms with E-state index in [0.717, 1.165) is 17.7 Å². The molecule has 2 heterocycles. The van der Waals surface area contributed by atoms with Crippen molar-refractivity contribution in [2.24, 2.45) is 5.92 Å². The second-order valence-corrected chi connectivity index (χ2v) is 7.83. The van der Waals surface area contributed by atoms with E-state index in [1.807, 2.05) is 43.0 Å². The number of piperidine rings is 1. The zero-order chi connectivity index (χ0) is 21.3. The zero-order valence-electron chi connectivity index (χ0n) is 18.0. The molecular formula is C24H31N3O3. The topological polar surface area (TPSA) is 63.7 Å². The van der Waals surface area contributed by atoms with Gasteiger partial charge in [0.25, 0.3) is 0 Å². The average Bonchev–Trinajstić information content (AvgIpc) is 2.73. The molecule has 30 heavy (non-hydrogen) atoms. The Labute approximate surface area is 178 Å². The summed E-state index contributed by atoms with van der Waals surface area (Å²) in [7, 11) is 0. The van der Waals surface area contributed by atoms with Gasteiger partial charge in [0.2, 0.25) is 0 Å². The van der Waals surface area contributed by atoms with Gasteiger partial charge in [0.1, 0.15) is 12.4 Å². The summed E-state index contributed by atoms with van der Waals surface area (Å²) in [4.78, 5) is 18.4. The van der Waals surface area contributed by atoms with Crippen molar-refractivity contribution >= 4 is 17.8 Å². The van der Waals surface area contributed by atoms with Crippen molar-refractivity contribution in [2.45, 2.75) is 33.3 Å². The van der Waals surface area contributed by atoms with Gasteiger partial charge in [0, 0.05) is 19.3 Å². The molecule has 1 aliphatic heterocycles. The van der Waals surface area contributed by atoms with E-state index >= 15 is 0 Å². The number of carbonyl (C=O) groups excluding carboxylic acids is 1. The largest absolute Gasteiger partial charge is 0.491 e. The molecule has 1 N–H and O–H groups in total. The zero-order valence-corrected chi connectivity index (χ0v) is 18.0. The van der Waals surface area contributed by atoms with Crippen molar-refractivity contribution in [3.63, 3.8) is 0 Å². The minimum Gasteiger partial charge on any atom is -0.491 e. The van der Waals surface area contributed by atoms with Crippen LogP contribution in [-0.4, -0.2) is 48.3 Å². The molecule has 2 amide bonds. The fourth-order valence-electron chi connectivity index (χ4n) is 3.44. The fraction of sp³-hybridized carbons (Fsp3) is 0.417. The Morgan fingerprint density at radius 2 is 2.17 bits per heavy atom. The van der Waals surface area contributed by atoms with Crippen LogP contribution in [0.5, 0.6) is 5.75 Å². The van der Waals surface area contributed by atoms with E-state index in [1.165, 1.54) is 5.57 Å². The van der Waals surface area contributed by atoms with Gasteiger partial charge in [-0.3, -0.25) is 4.98 Å². The maximum atomic E-state index is 12.5. The smallest absolute Gasteiger partial charge is 0.321 e. The summed E-state index contributed by atoms with van der Waals surface area (Å²) in [6.45, 7) is 8.71. The second-order valence-electron chi connectivity index (χ2n) is 7.83. The van der Waals surface area contributed by atoms with Gasteiger partial charge in [-0.15, -0.1) is 0 Å². The molecule has 0 bridgehead atoms. The summed E-state index contributed by atoms with van der Waals surface area (Å²) in [6, 6.07) is 11.7. The van der Waals surface area contributed by atoms with Crippen molar-refractivity contribution in [3.8, 4) is 5.75 Å². The lowest BCUT2D eigenvalue weighted by atomic mass is 9.91. The van der Waals surface area contributed by atoms with Crippen LogP contribution in [0.4, 0.5) is 10.5 Å².